The van der Waals surface area contributed by atoms with Gasteiger partial charge >= 0.3 is 5.97 Å². The number of methoxy groups -OCH3 is 1. The molecule has 2 aromatic rings. The van der Waals surface area contributed by atoms with Crippen molar-refractivity contribution < 1.29 is 18.6 Å². The smallest absolute Gasteiger partial charge is 0.362 e. The van der Waals surface area contributed by atoms with Gasteiger partial charge in [0.2, 0.25) is 17.6 Å². The second-order valence-corrected chi connectivity index (χ2v) is 3.84. The number of aromatic amines is 1. The Hall–Kier alpha value is -2.57. The van der Waals surface area contributed by atoms with E-state index in [1.807, 2.05) is 0 Å². The highest BCUT2D eigenvalue weighted by atomic mass is 19.1. The van der Waals surface area contributed by atoms with E-state index in [-0.39, 0.29) is 17.2 Å². The summed E-state index contributed by atoms with van der Waals surface area (Å²) in [4.78, 5) is 22.0. The molecule has 0 aliphatic carbocycles. The molecule has 1 aromatic heterocycles. The van der Waals surface area contributed by atoms with Crippen LogP contribution in [-0.4, -0.2) is 18.2 Å². The second kappa shape index (κ2) is 5.38. The molecule has 0 unspecified atom stereocenters. The van der Waals surface area contributed by atoms with Crippen LogP contribution in [0.1, 0.15) is 16.1 Å². The third kappa shape index (κ3) is 2.82. The average molecular weight is 264 g/mol. The van der Waals surface area contributed by atoms with Crippen molar-refractivity contribution in [1.29, 1.82) is 0 Å². The molecular weight excluding hydrogens is 253 g/mol. The van der Waals surface area contributed by atoms with Gasteiger partial charge in [-0.15, -0.1) is 9.59 Å². The number of ether oxygens (including phenoxy) is 1. The highest BCUT2D eigenvalue weighted by molar-refractivity contribution is 5.91. The van der Waals surface area contributed by atoms with Crippen molar-refractivity contribution in [2.45, 2.75) is 6.54 Å². The number of hydrogen-bond acceptors (Lipinski definition) is 4. The van der Waals surface area contributed by atoms with E-state index in [0.29, 0.717) is 6.54 Å². The van der Waals surface area contributed by atoms with Crippen LogP contribution in [0, 0.1) is 10.7 Å². The van der Waals surface area contributed by atoms with Crippen LogP contribution in [0.2, 0.25) is 0 Å². The summed E-state index contributed by atoms with van der Waals surface area (Å²) >= 11 is 0. The van der Waals surface area contributed by atoms with Gasteiger partial charge in [0, 0.05) is 5.56 Å². The van der Waals surface area contributed by atoms with Gasteiger partial charge in [0.15, 0.2) is 6.54 Å². The second-order valence-electron chi connectivity index (χ2n) is 3.84. The Morgan fingerprint density at radius 2 is 2.11 bits per heavy atom. The Balaban J connectivity index is 2.26. The molecule has 2 rings (SSSR count). The molecule has 0 radical (unpaired) electrons. The number of nitrogens with one attached hydrogen (secondary N) is 1. The Labute approximate surface area is 107 Å². The van der Waals surface area contributed by atoms with E-state index >= 15 is 0 Å². The lowest BCUT2D eigenvalue weighted by Crippen LogP contribution is -2.36. The minimum atomic E-state index is -0.674. The fourth-order valence-corrected chi connectivity index (χ4v) is 1.64. The van der Waals surface area contributed by atoms with Crippen LogP contribution in [0.15, 0.2) is 35.6 Å². The Morgan fingerprint density at radius 3 is 2.68 bits per heavy atom. The zero-order valence-corrected chi connectivity index (χ0v) is 10.1. The molecular formula is C12H11FN3O3+. The lowest BCUT2D eigenvalue weighted by molar-refractivity contribution is -0.742. The fraction of sp³-hybridized carbons (Fsp3) is 0.167. The quantitative estimate of drug-likeness (QED) is 0.518. The lowest BCUT2D eigenvalue weighted by atomic mass is 10.2. The number of aromatic nitrogens is 2. The average Bonchev–Trinajstić information content (AvgIpc) is 2.83. The van der Waals surface area contributed by atoms with Gasteiger partial charge in [0.25, 0.3) is 0 Å². The van der Waals surface area contributed by atoms with Gasteiger partial charge in [-0.2, -0.15) is 5.10 Å². The molecule has 1 N–H and O–H groups in total. The predicted molar refractivity (Wildman–Crippen MR) is 63.3 cm³/mol. The van der Waals surface area contributed by atoms with Crippen molar-refractivity contribution in [3.63, 3.8) is 0 Å². The first-order valence-corrected chi connectivity index (χ1v) is 5.42. The number of H-pyrrole nitrogens is 1. The molecule has 19 heavy (non-hydrogen) atoms. The number of halogens is 1. The van der Waals surface area contributed by atoms with E-state index in [9.17, 15) is 14.1 Å². The van der Waals surface area contributed by atoms with Crippen LogP contribution in [0.4, 0.5) is 10.1 Å². The molecule has 0 atom stereocenters. The van der Waals surface area contributed by atoms with Gasteiger partial charge < -0.3 is 4.74 Å². The molecule has 98 valence electrons. The van der Waals surface area contributed by atoms with Crippen molar-refractivity contribution in [2.75, 3.05) is 7.11 Å². The zero-order valence-electron chi connectivity index (χ0n) is 10.1. The summed E-state index contributed by atoms with van der Waals surface area (Å²) in [6.07, 6.45) is 1.39. The number of esters is 1. The molecule has 0 bridgehead atoms. The summed E-state index contributed by atoms with van der Waals surface area (Å²) in [5.41, 5.74) is 0.759. The normalized spacial score (nSPS) is 10.2. The molecule has 0 saturated carbocycles. The fourth-order valence-electron chi connectivity index (χ4n) is 1.64. The third-order valence-electron chi connectivity index (χ3n) is 2.54. The standard InChI is InChI=1S/C12H10FN3O3/c1-19-12(17)11-10(15-18)7-16(14-11)6-8-2-4-9(13)5-3-8/h2-5,7H,6H2,1H3/p+1. The minimum absolute atomic E-state index is 0.0142. The van der Waals surface area contributed by atoms with Crippen LogP contribution in [0.25, 0.3) is 0 Å². The number of rotatable bonds is 4. The number of carbonyl (C=O) groups excluding carboxylic acids is 1. The minimum Gasteiger partial charge on any atom is -0.464 e. The van der Waals surface area contributed by atoms with Gasteiger partial charge in [-0.1, -0.05) is 0 Å². The molecule has 0 saturated heterocycles. The number of nitrogens with zero attached hydrogens (tertiary/aromatic N) is 2. The van der Waals surface area contributed by atoms with Gasteiger partial charge in [0.1, 0.15) is 5.82 Å². The molecule has 6 nitrogen and oxygen atoms in total. The van der Waals surface area contributed by atoms with Crippen molar-refractivity contribution in [2.24, 2.45) is 5.18 Å². The van der Waals surface area contributed by atoms with Crippen molar-refractivity contribution in [3.05, 3.63) is 52.4 Å². The summed E-state index contributed by atoms with van der Waals surface area (Å²) in [5.74, 6) is -1.00. The van der Waals surface area contributed by atoms with E-state index in [0.717, 1.165) is 5.56 Å². The van der Waals surface area contributed by atoms with E-state index in [1.54, 1.807) is 12.1 Å². The summed E-state index contributed by atoms with van der Waals surface area (Å²) < 4.78 is 18.8. The molecule has 0 amide bonds. The summed E-state index contributed by atoms with van der Waals surface area (Å²) in [5, 5.41) is 5.45. The molecule has 0 fully saturated rings. The number of carbonyl (C=O) groups is 1. The van der Waals surface area contributed by atoms with Crippen LogP contribution < -0.4 is 4.68 Å². The first-order valence-electron chi connectivity index (χ1n) is 5.42. The number of benzene rings is 1. The maximum Gasteiger partial charge on any atom is 0.362 e. The molecule has 7 heteroatoms. The number of nitroso groups, excluding NO2 is 1. The predicted octanol–water partition coefficient (Wildman–Crippen LogP) is 1.67. The Kier molecular flexibility index (Phi) is 3.65. The molecule has 0 spiro atoms. The van der Waals surface area contributed by atoms with Crippen molar-refractivity contribution in [1.82, 2.24) is 5.10 Å². The van der Waals surface area contributed by atoms with Crippen LogP contribution in [0.5, 0.6) is 0 Å². The third-order valence-corrected chi connectivity index (χ3v) is 2.54. The highest BCUT2D eigenvalue weighted by Gasteiger charge is 2.22. The lowest BCUT2D eigenvalue weighted by Gasteiger charge is -1.95. The summed E-state index contributed by atoms with van der Waals surface area (Å²) in [7, 11) is 1.21. The first kappa shape index (κ1) is 12.9. The van der Waals surface area contributed by atoms with Crippen molar-refractivity contribution >= 4 is 11.7 Å². The van der Waals surface area contributed by atoms with Gasteiger partial charge in [-0.25, -0.2) is 9.18 Å². The summed E-state index contributed by atoms with van der Waals surface area (Å²) in [6.45, 7) is 0.347. The van der Waals surface area contributed by atoms with Crippen LogP contribution in [0.3, 0.4) is 0 Å². The first-order chi connectivity index (χ1) is 9.13. The SMILES string of the molecule is COC(=O)c1[nH][n+](Cc2ccc(F)cc2)cc1N=O. The van der Waals surface area contributed by atoms with Crippen molar-refractivity contribution in [3.8, 4) is 0 Å². The van der Waals surface area contributed by atoms with Gasteiger partial charge in [-0.3, -0.25) is 0 Å². The van der Waals surface area contributed by atoms with Gasteiger partial charge in [-0.05, 0) is 29.4 Å². The van der Waals surface area contributed by atoms with E-state index in [2.05, 4.69) is 15.0 Å². The molecule has 0 aliphatic heterocycles. The van der Waals surface area contributed by atoms with E-state index < -0.39 is 5.97 Å². The Morgan fingerprint density at radius 1 is 1.42 bits per heavy atom. The highest BCUT2D eigenvalue weighted by Crippen LogP contribution is 2.15. The molecule has 1 aromatic carbocycles. The zero-order chi connectivity index (χ0) is 13.8. The topological polar surface area (TPSA) is 75.4 Å². The largest absolute Gasteiger partial charge is 0.464 e. The molecule has 0 aliphatic rings. The monoisotopic (exact) mass is 264 g/mol. The van der Waals surface area contributed by atoms with Gasteiger partial charge in [0.05, 0.1) is 7.11 Å². The maximum atomic E-state index is 12.8. The Bertz CT molecular complexity index is 607. The number of hydrogen-bond donors (Lipinski definition) is 1. The summed E-state index contributed by atoms with van der Waals surface area (Å²) in [6, 6.07) is 5.88. The van der Waals surface area contributed by atoms with Crippen LogP contribution >= 0.6 is 0 Å². The maximum absolute atomic E-state index is 12.8. The molecule has 1 heterocycles. The van der Waals surface area contributed by atoms with E-state index in [4.69, 9.17) is 0 Å². The van der Waals surface area contributed by atoms with Crippen LogP contribution in [-0.2, 0) is 11.3 Å². The van der Waals surface area contributed by atoms with E-state index in [1.165, 1.54) is 30.1 Å².